The van der Waals surface area contributed by atoms with Gasteiger partial charge in [0.05, 0.1) is 31.5 Å². The van der Waals surface area contributed by atoms with Crippen LogP contribution in [0.2, 0.25) is 0 Å². The third-order valence-electron chi connectivity index (χ3n) is 5.29. The highest BCUT2D eigenvalue weighted by Gasteiger charge is 2.22. The van der Waals surface area contributed by atoms with Gasteiger partial charge in [-0.2, -0.15) is 5.26 Å². The fourth-order valence-electron chi connectivity index (χ4n) is 3.46. The molecule has 2 aromatic rings. The molecule has 29 heavy (non-hydrogen) atoms. The molecule has 0 saturated carbocycles. The van der Waals surface area contributed by atoms with Crippen LogP contribution in [-0.4, -0.2) is 26.1 Å². The van der Waals surface area contributed by atoms with E-state index in [9.17, 15) is 0 Å². The number of unbranched alkanes of at least 4 members (excludes halogenated alkanes) is 1. The normalized spacial score (nSPS) is 18.9. The number of nitrogens with zero attached hydrogens (tertiary/aromatic N) is 1. The molecule has 0 radical (unpaired) electrons. The fourth-order valence-corrected chi connectivity index (χ4v) is 3.46. The average molecular weight is 394 g/mol. The van der Waals surface area contributed by atoms with E-state index in [4.69, 9.17) is 19.5 Å². The standard InChI is InChI=1S/C25H31NO3/c1-2-3-15-27-24-13-11-20(12-14-24)5-4-6-23-18-28-25(29-19-23)16-21-7-9-22(17-26)10-8-21/h7-14,23,25H,2-6,15-16,18-19H2,1H3. The Morgan fingerprint density at radius 1 is 0.966 bits per heavy atom. The molecule has 0 N–H and O–H groups in total. The Balaban J connectivity index is 1.32. The molecule has 0 aliphatic carbocycles. The maximum absolute atomic E-state index is 8.87. The van der Waals surface area contributed by atoms with Crippen molar-refractivity contribution >= 4 is 0 Å². The lowest BCUT2D eigenvalue weighted by Gasteiger charge is -2.29. The number of rotatable bonds is 10. The van der Waals surface area contributed by atoms with Gasteiger partial charge in [-0.15, -0.1) is 0 Å². The van der Waals surface area contributed by atoms with Gasteiger partial charge in [-0.25, -0.2) is 0 Å². The SMILES string of the molecule is CCCCOc1ccc(CCCC2COC(Cc3ccc(C#N)cc3)OC2)cc1. The van der Waals surface area contributed by atoms with Crippen molar-refractivity contribution in [2.75, 3.05) is 19.8 Å². The number of hydrogen-bond donors (Lipinski definition) is 0. The lowest BCUT2D eigenvalue weighted by atomic mass is 10.00. The van der Waals surface area contributed by atoms with Gasteiger partial charge in [-0.05, 0) is 61.1 Å². The zero-order valence-electron chi connectivity index (χ0n) is 17.3. The fraction of sp³-hybridized carbons (Fsp3) is 0.480. The van der Waals surface area contributed by atoms with Crippen LogP contribution in [0.4, 0.5) is 0 Å². The molecule has 0 unspecified atom stereocenters. The summed E-state index contributed by atoms with van der Waals surface area (Å²) in [4.78, 5) is 0. The predicted molar refractivity (Wildman–Crippen MR) is 114 cm³/mol. The van der Waals surface area contributed by atoms with Crippen LogP contribution in [-0.2, 0) is 22.3 Å². The Hall–Kier alpha value is -2.35. The van der Waals surface area contributed by atoms with Crippen molar-refractivity contribution in [1.82, 2.24) is 0 Å². The topological polar surface area (TPSA) is 51.5 Å². The molecule has 1 fully saturated rings. The largest absolute Gasteiger partial charge is 0.494 e. The summed E-state index contributed by atoms with van der Waals surface area (Å²) in [6.45, 7) is 4.48. The molecule has 0 bridgehead atoms. The van der Waals surface area contributed by atoms with Gasteiger partial charge in [-0.3, -0.25) is 0 Å². The average Bonchev–Trinajstić information content (AvgIpc) is 2.77. The third-order valence-corrected chi connectivity index (χ3v) is 5.29. The summed E-state index contributed by atoms with van der Waals surface area (Å²) in [6.07, 6.45) is 6.11. The Morgan fingerprint density at radius 2 is 1.66 bits per heavy atom. The first-order valence-electron chi connectivity index (χ1n) is 10.7. The number of ether oxygens (including phenoxy) is 3. The van der Waals surface area contributed by atoms with Gasteiger partial charge in [0.25, 0.3) is 0 Å². The monoisotopic (exact) mass is 393 g/mol. The van der Waals surface area contributed by atoms with Crippen molar-refractivity contribution in [3.05, 3.63) is 65.2 Å². The minimum absolute atomic E-state index is 0.181. The lowest BCUT2D eigenvalue weighted by Crippen LogP contribution is -2.33. The molecule has 0 atom stereocenters. The second kappa shape index (κ2) is 11.6. The number of benzene rings is 2. The van der Waals surface area contributed by atoms with E-state index >= 15 is 0 Å². The number of hydrogen-bond acceptors (Lipinski definition) is 4. The second-order valence-electron chi connectivity index (χ2n) is 7.71. The highest BCUT2D eigenvalue weighted by atomic mass is 16.7. The summed E-state index contributed by atoms with van der Waals surface area (Å²) < 4.78 is 17.5. The maximum Gasteiger partial charge on any atom is 0.161 e. The quantitative estimate of drug-likeness (QED) is 0.515. The molecule has 0 amide bonds. The van der Waals surface area contributed by atoms with E-state index in [-0.39, 0.29) is 6.29 Å². The molecule has 1 aliphatic rings. The van der Waals surface area contributed by atoms with Gasteiger partial charge in [0.1, 0.15) is 5.75 Å². The van der Waals surface area contributed by atoms with Crippen molar-refractivity contribution < 1.29 is 14.2 Å². The summed E-state index contributed by atoms with van der Waals surface area (Å²) in [5.74, 6) is 1.42. The molecule has 0 spiro atoms. The summed E-state index contributed by atoms with van der Waals surface area (Å²) in [7, 11) is 0. The van der Waals surface area contributed by atoms with Crippen molar-refractivity contribution in [3.8, 4) is 11.8 Å². The zero-order valence-corrected chi connectivity index (χ0v) is 17.3. The Morgan fingerprint density at radius 3 is 2.31 bits per heavy atom. The highest BCUT2D eigenvalue weighted by molar-refractivity contribution is 5.31. The Kier molecular flexibility index (Phi) is 8.55. The third kappa shape index (κ3) is 7.20. The van der Waals surface area contributed by atoms with E-state index in [1.165, 1.54) is 5.56 Å². The van der Waals surface area contributed by atoms with Gasteiger partial charge in [-0.1, -0.05) is 37.6 Å². The van der Waals surface area contributed by atoms with Crippen molar-refractivity contribution in [3.63, 3.8) is 0 Å². The van der Waals surface area contributed by atoms with Crippen LogP contribution in [0.15, 0.2) is 48.5 Å². The summed E-state index contributed by atoms with van der Waals surface area (Å²) >= 11 is 0. The molecular formula is C25H31NO3. The Labute approximate surface area is 174 Å². The minimum atomic E-state index is -0.181. The van der Waals surface area contributed by atoms with Gasteiger partial charge in [0.15, 0.2) is 6.29 Å². The van der Waals surface area contributed by atoms with E-state index in [1.807, 2.05) is 24.3 Å². The summed E-state index contributed by atoms with van der Waals surface area (Å²) in [6, 6.07) is 18.2. The first-order valence-corrected chi connectivity index (χ1v) is 10.7. The molecule has 154 valence electrons. The summed E-state index contributed by atoms with van der Waals surface area (Å²) in [5.41, 5.74) is 3.16. The van der Waals surface area contributed by atoms with Crippen molar-refractivity contribution in [1.29, 1.82) is 5.26 Å². The van der Waals surface area contributed by atoms with Gasteiger partial charge >= 0.3 is 0 Å². The molecule has 3 rings (SSSR count). The molecule has 2 aromatic carbocycles. The van der Waals surface area contributed by atoms with E-state index in [2.05, 4.69) is 37.3 Å². The van der Waals surface area contributed by atoms with Crippen LogP contribution in [0.5, 0.6) is 5.75 Å². The highest BCUT2D eigenvalue weighted by Crippen LogP contribution is 2.21. The first-order chi connectivity index (χ1) is 14.3. The van der Waals surface area contributed by atoms with Crippen LogP contribution in [0.25, 0.3) is 0 Å². The van der Waals surface area contributed by atoms with Gasteiger partial charge in [0, 0.05) is 12.3 Å². The maximum atomic E-state index is 8.87. The molecule has 1 saturated heterocycles. The predicted octanol–water partition coefficient (Wildman–Crippen LogP) is 5.29. The smallest absolute Gasteiger partial charge is 0.161 e. The lowest BCUT2D eigenvalue weighted by molar-refractivity contribution is -0.200. The van der Waals surface area contributed by atoms with E-state index < -0.39 is 0 Å². The Bertz CT molecular complexity index is 756. The number of nitriles is 1. The van der Waals surface area contributed by atoms with E-state index in [0.29, 0.717) is 11.5 Å². The number of aryl methyl sites for hydroxylation is 1. The van der Waals surface area contributed by atoms with Crippen LogP contribution in [0.1, 0.15) is 49.3 Å². The molecule has 4 heteroatoms. The second-order valence-corrected chi connectivity index (χ2v) is 7.71. The van der Waals surface area contributed by atoms with Crippen molar-refractivity contribution in [2.24, 2.45) is 5.92 Å². The zero-order chi connectivity index (χ0) is 20.3. The molecular weight excluding hydrogens is 362 g/mol. The molecule has 1 heterocycles. The van der Waals surface area contributed by atoms with Crippen LogP contribution >= 0.6 is 0 Å². The van der Waals surface area contributed by atoms with Crippen molar-refractivity contribution in [2.45, 2.75) is 51.7 Å². The van der Waals surface area contributed by atoms with Gasteiger partial charge in [0.2, 0.25) is 0 Å². The van der Waals surface area contributed by atoms with E-state index in [0.717, 1.165) is 69.7 Å². The van der Waals surface area contributed by atoms with Crippen LogP contribution < -0.4 is 4.74 Å². The van der Waals surface area contributed by atoms with Crippen LogP contribution in [0.3, 0.4) is 0 Å². The summed E-state index contributed by atoms with van der Waals surface area (Å²) in [5, 5.41) is 8.87. The molecule has 1 aliphatic heterocycles. The van der Waals surface area contributed by atoms with Gasteiger partial charge < -0.3 is 14.2 Å². The van der Waals surface area contributed by atoms with E-state index in [1.54, 1.807) is 0 Å². The first kappa shape index (κ1) is 21.4. The molecule has 4 nitrogen and oxygen atoms in total. The minimum Gasteiger partial charge on any atom is -0.494 e. The molecule has 0 aromatic heterocycles. The van der Waals surface area contributed by atoms with Crippen LogP contribution in [0, 0.1) is 17.2 Å².